The Bertz CT molecular complexity index is 1320. The van der Waals surface area contributed by atoms with E-state index in [-0.39, 0.29) is 34.3 Å². The molecule has 0 bridgehead atoms. The topological polar surface area (TPSA) is 132 Å². The van der Waals surface area contributed by atoms with Crippen LogP contribution in [0.2, 0.25) is 5.02 Å². The number of esters is 1. The van der Waals surface area contributed by atoms with Crippen LogP contribution in [0, 0.1) is 6.92 Å². The van der Waals surface area contributed by atoms with E-state index in [1.54, 1.807) is 19.2 Å². The minimum atomic E-state index is -3.78. The van der Waals surface area contributed by atoms with Crippen LogP contribution in [-0.4, -0.2) is 72.1 Å². The highest BCUT2D eigenvalue weighted by Crippen LogP contribution is 2.27. The summed E-state index contributed by atoms with van der Waals surface area (Å²) in [5, 5.41) is 6.80. The number of carbonyl (C=O) groups is 2. The molecule has 0 aliphatic carbocycles. The van der Waals surface area contributed by atoms with E-state index in [1.807, 2.05) is 0 Å². The van der Waals surface area contributed by atoms with Crippen molar-refractivity contribution < 1.29 is 27.5 Å². The van der Waals surface area contributed by atoms with E-state index in [0.29, 0.717) is 24.6 Å². The largest absolute Gasteiger partial charge is 0.452 e. The summed E-state index contributed by atoms with van der Waals surface area (Å²) in [7, 11) is -3.78. The minimum Gasteiger partial charge on any atom is -0.452 e. The monoisotopic (exact) mass is 493 g/mol. The van der Waals surface area contributed by atoms with Gasteiger partial charge in [-0.2, -0.15) is 9.40 Å². The number of amides is 1. The number of ether oxygens (including phenoxy) is 2. The standard InChI is InChI=1S/C20H20ClN5O6S/c1-13-18(19-22-5-2-6-26(19)24-13)20(28)32-12-17(27)23-16-11-14(3-4-15(16)21)33(29,30)25-7-9-31-10-8-25/h2-6,11H,7-10,12H2,1H3,(H,23,27). The summed E-state index contributed by atoms with van der Waals surface area (Å²) in [4.78, 5) is 29.0. The van der Waals surface area contributed by atoms with Crippen LogP contribution in [0.5, 0.6) is 0 Å². The van der Waals surface area contributed by atoms with Crippen molar-refractivity contribution in [3.05, 3.63) is 52.9 Å². The molecule has 3 aromatic rings. The molecule has 0 radical (unpaired) electrons. The number of rotatable bonds is 6. The van der Waals surface area contributed by atoms with Crippen molar-refractivity contribution in [3.8, 4) is 0 Å². The number of benzene rings is 1. The van der Waals surface area contributed by atoms with Crippen LogP contribution in [0.4, 0.5) is 5.69 Å². The maximum atomic E-state index is 12.9. The number of fused-ring (bicyclic) bond motifs is 1. The maximum absolute atomic E-state index is 12.9. The molecule has 1 saturated heterocycles. The molecule has 11 nitrogen and oxygen atoms in total. The van der Waals surface area contributed by atoms with Gasteiger partial charge in [-0.3, -0.25) is 4.79 Å². The van der Waals surface area contributed by atoms with Gasteiger partial charge in [-0.15, -0.1) is 0 Å². The molecule has 33 heavy (non-hydrogen) atoms. The third kappa shape index (κ3) is 4.83. The van der Waals surface area contributed by atoms with Crippen molar-refractivity contribution in [2.45, 2.75) is 11.8 Å². The van der Waals surface area contributed by atoms with Crippen LogP contribution >= 0.6 is 11.6 Å². The molecule has 1 aliphatic rings. The van der Waals surface area contributed by atoms with Crippen LogP contribution in [0.15, 0.2) is 41.6 Å². The number of halogens is 1. The molecule has 1 amide bonds. The number of aryl methyl sites for hydroxylation is 1. The van der Waals surface area contributed by atoms with Gasteiger partial charge in [0.2, 0.25) is 10.0 Å². The Labute approximate surface area is 194 Å². The predicted molar refractivity (Wildman–Crippen MR) is 118 cm³/mol. The van der Waals surface area contributed by atoms with Crippen LogP contribution < -0.4 is 5.32 Å². The van der Waals surface area contributed by atoms with Gasteiger partial charge >= 0.3 is 5.97 Å². The van der Waals surface area contributed by atoms with E-state index in [2.05, 4.69) is 15.4 Å². The molecule has 4 rings (SSSR count). The molecule has 174 valence electrons. The van der Waals surface area contributed by atoms with Gasteiger partial charge in [0.05, 0.1) is 34.5 Å². The summed E-state index contributed by atoms with van der Waals surface area (Å²) < 4.78 is 38.8. The first-order valence-electron chi connectivity index (χ1n) is 9.92. The van der Waals surface area contributed by atoms with E-state index in [0.717, 1.165) is 0 Å². The number of carbonyl (C=O) groups excluding carboxylic acids is 2. The quantitative estimate of drug-likeness (QED) is 0.511. The highest BCUT2D eigenvalue weighted by atomic mass is 35.5. The Morgan fingerprint density at radius 3 is 2.79 bits per heavy atom. The third-order valence-electron chi connectivity index (χ3n) is 4.93. The Morgan fingerprint density at radius 2 is 2.03 bits per heavy atom. The summed E-state index contributed by atoms with van der Waals surface area (Å²) >= 11 is 6.14. The lowest BCUT2D eigenvalue weighted by atomic mass is 10.2. The zero-order valence-electron chi connectivity index (χ0n) is 17.5. The van der Waals surface area contributed by atoms with E-state index >= 15 is 0 Å². The SMILES string of the molecule is Cc1nn2cccnc2c1C(=O)OCC(=O)Nc1cc(S(=O)(=O)N2CCOCC2)ccc1Cl. The van der Waals surface area contributed by atoms with Crippen LogP contribution in [0.1, 0.15) is 16.1 Å². The Kier molecular flexibility index (Phi) is 6.61. The van der Waals surface area contributed by atoms with E-state index in [4.69, 9.17) is 21.1 Å². The van der Waals surface area contributed by atoms with E-state index in [1.165, 1.54) is 33.2 Å². The first-order chi connectivity index (χ1) is 15.8. The summed E-state index contributed by atoms with van der Waals surface area (Å²) in [6, 6.07) is 5.68. The molecular weight excluding hydrogens is 474 g/mol. The second-order valence-corrected chi connectivity index (χ2v) is 9.48. The molecule has 1 aliphatic heterocycles. The fraction of sp³-hybridized carbons (Fsp3) is 0.300. The lowest BCUT2D eigenvalue weighted by Gasteiger charge is -2.26. The highest BCUT2D eigenvalue weighted by Gasteiger charge is 2.27. The molecule has 0 atom stereocenters. The van der Waals surface area contributed by atoms with Gasteiger partial charge in [0.25, 0.3) is 5.91 Å². The summed E-state index contributed by atoms with van der Waals surface area (Å²) in [6.45, 7) is 2.11. The van der Waals surface area contributed by atoms with Crippen molar-refractivity contribution in [3.63, 3.8) is 0 Å². The van der Waals surface area contributed by atoms with Crippen molar-refractivity contribution in [1.82, 2.24) is 18.9 Å². The summed E-state index contributed by atoms with van der Waals surface area (Å²) in [5.41, 5.74) is 0.952. The average molecular weight is 494 g/mol. The lowest BCUT2D eigenvalue weighted by molar-refractivity contribution is -0.119. The first-order valence-corrected chi connectivity index (χ1v) is 11.7. The molecule has 13 heteroatoms. The second-order valence-electron chi connectivity index (χ2n) is 7.13. The molecule has 1 N–H and O–H groups in total. The van der Waals surface area contributed by atoms with Crippen LogP contribution in [-0.2, 0) is 24.3 Å². The maximum Gasteiger partial charge on any atom is 0.344 e. The minimum absolute atomic E-state index is 0.0193. The zero-order valence-corrected chi connectivity index (χ0v) is 19.1. The van der Waals surface area contributed by atoms with E-state index in [9.17, 15) is 18.0 Å². The lowest BCUT2D eigenvalue weighted by Crippen LogP contribution is -2.40. The number of sulfonamides is 1. The predicted octanol–water partition coefficient (Wildman–Crippen LogP) is 1.51. The smallest absolute Gasteiger partial charge is 0.344 e. The Morgan fingerprint density at radius 1 is 1.27 bits per heavy atom. The molecule has 1 fully saturated rings. The second kappa shape index (κ2) is 9.43. The average Bonchev–Trinajstić information content (AvgIpc) is 3.15. The van der Waals surface area contributed by atoms with Crippen molar-refractivity contribution in [2.24, 2.45) is 0 Å². The summed E-state index contributed by atoms with van der Waals surface area (Å²) in [6.07, 6.45) is 3.15. The highest BCUT2D eigenvalue weighted by molar-refractivity contribution is 7.89. The number of morpholine rings is 1. The number of nitrogens with zero attached hydrogens (tertiary/aromatic N) is 4. The number of nitrogens with one attached hydrogen (secondary N) is 1. The fourth-order valence-corrected chi connectivity index (χ4v) is 4.92. The zero-order chi connectivity index (χ0) is 23.6. The van der Waals surface area contributed by atoms with Crippen molar-refractivity contribution in [2.75, 3.05) is 38.2 Å². The first kappa shape index (κ1) is 23.1. The van der Waals surface area contributed by atoms with E-state index < -0.39 is 28.5 Å². The van der Waals surface area contributed by atoms with Crippen molar-refractivity contribution in [1.29, 1.82) is 0 Å². The Balaban J connectivity index is 1.44. The number of aromatic nitrogens is 3. The summed E-state index contributed by atoms with van der Waals surface area (Å²) in [5.74, 6) is -1.45. The molecule has 3 heterocycles. The van der Waals surface area contributed by atoms with Gasteiger partial charge in [0, 0.05) is 25.5 Å². The fourth-order valence-electron chi connectivity index (χ4n) is 3.32. The van der Waals surface area contributed by atoms with Gasteiger partial charge in [-0.1, -0.05) is 11.6 Å². The van der Waals surface area contributed by atoms with Gasteiger partial charge in [-0.25, -0.2) is 22.7 Å². The number of hydrogen-bond acceptors (Lipinski definition) is 8. The third-order valence-corrected chi connectivity index (χ3v) is 7.15. The van der Waals surface area contributed by atoms with Gasteiger partial charge in [0.15, 0.2) is 12.3 Å². The normalized spacial score (nSPS) is 14.8. The Hall–Kier alpha value is -3.06. The van der Waals surface area contributed by atoms with Crippen molar-refractivity contribution >= 4 is 44.8 Å². The van der Waals surface area contributed by atoms with Gasteiger partial charge in [0.1, 0.15) is 5.56 Å². The molecule has 0 unspecified atom stereocenters. The number of anilines is 1. The van der Waals surface area contributed by atoms with Crippen LogP contribution in [0.3, 0.4) is 0 Å². The molecular formula is C20H20ClN5O6S. The molecule has 1 aromatic carbocycles. The van der Waals surface area contributed by atoms with Gasteiger partial charge in [-0.05, 0) is 31.2 Å². The molecule has 0 saturated carbocycles. The molecule has 0 spiro atoms. The number of hydrogen-bond donors (Lipinski definition) is 1. The molecule has 2 aromatic heterocycles. The van der Waals surface area contributed by atoms with Gasteiger partial charge < -0.3 is 14.8 Å². The van der Waals surface area contributed by atoms with Crippen LogP contribution in [0.25, 0.3) is 5.65 Å².